The van der Waals surface area contributed by atoms with E-state index in [2.05, 4.69) is 25.5 Å². The maximum absolute atomic E-state index is 12.1. The fourth-order valence-electron chi connectivity index (χ4n) is 3.66. The summed E-state index contributed by atoms with van der Waals surface area (Å²) in [5.74, 6) is 2.03. The normalized spacial score (nSPS) is 16.2. The first-order chi connectivity index (χ1) is 13.2. The Balaban J connectivity index is 1.35. The quantitative estimate of drug-likeness (QED) is 0.728. The molecule has 27 heavy (non-hydrogen) atoms. The number of amides is 1. The summed E-state index contributed by atoms with van der Waals surface area (Å²) in [6.45, 7) is 1.96. The molecular formula is C20H29N5O2. The molecule has 1 N–H and O–H groups in total. The fraction of sp³-hybridized carbons (Fsp3) is 0.650. The van der Waals surface area contributed by atoms with E-state index in [9.17, 15) is 4.79 Å². The minimum absolute atomic E-state index is 0.00272. The van der Waals surface area contributed by atoms with E-state index in [0.717, 1.165) is 24.5 Å². The summed E-state index contributed by atoms with van der Waals surface area (Å²) in [5, 5.41) is 11.2. The van der Waals surface area contributed by atoms with Gasteiger partial charge in [-0.2, -0.15) is 0 Å². The lowest BCUT2D eigenvalue weighted by Gasteiger charge is -2.20. The Kier molecular flexibility index (Phi) is 7.30. The van der Waals surface area contributed by atoms with Gasteiger partial charge >= 0.3 is 0 Å². The fourth-order valence-corrected chi connectivity index (χ4v) is 3.66. The van der Waals surface area contributed by atoms with Crippen molar-refractivity contribution >= 4 is 5.91 Å². The molecule has 1 saturated carbocycles. The first kappa shape index (κ1) is 19.5. The van der Waals surface area contributed by atoms with Gasteiger partial charge in [-0.3, -0.25) is 14.8 Å². The molecule has 2 aromatic rings. The molecule has 0 aliphatic heterocycles. The van der Waals surface area contributed by atoms with Crippen LogP contribution in [-0.4, -0.2) is 32.1 Å². The molecule has 1 aliphatic rings. The molecule has 1 aliphatic carbocycles. The zero-order valence-corrected chi connectivity index (χ0v) is 16.1. The zero-order chi connectivity index (χ0) is 18.9. The van der Waals surface area contributed by atoms with Crippen LogP contribution in [0.3, 0.4) is 0 Å². The van der Waals surface area contributed by atoms with Gasteiger partial charge in [-0.15, -0.1) is 10.2 Å². The van der Waals surface area contributed by atoms with Crippen molar-refractivity contribution in [3.8, 4) is 0 Å². The zero-order valence-electron chi connectivity index (χ0n) is 16.1. The lowest BCUT2D eigenvalue weighted by molar-refractivity contribution is -0.121. The van der Waals surface area contributed by atoms with Crippen LogP contribution in [0.2, 0.25) is 0 Å². The smallest absolute Gasteiger partial charge is 0.220 e. The summed E-state index contributed by atoms with van der Waals surface area (Å²) >= 11 is 0. The number of rotatable bonds is 9. The first-order valence-electron chi connectivity index (χ1n) is 10.0. The van der Waals surface area contributed by atoms with Gasteiger partial charge in [-0.25, -0.2) is 0 Å². The molecule has 2 heterocycles. The molecule has 7 heteroatoms. The van der Waals surface area contributed by atoms with Gasteiger partial charge in [0, 0.05) is 50.3 Å². The van der Waals surface area contributed by atoms with Crippen LogP contribution in [0.4, 0.5) is 0 Å². The van der Waals surface area contributed by atoms with E-state index in [1.54, 1.807) is 18.6 Å². The van der Waals surface area contributed by atoms with Crippen LogP contribution in [0.15, 0.2) is 23.0 Å². The number of aromatic nitrogens is 4. The van der Waals surface area contributed by atoms with Crippen LogP contribution in [0.1, 0.15) is 69.3 Å². The molecule has 3 rings (SSSR count). The van der Waals surface area contributed by atoms with Gasteiger partial charge < -0.3 is 9.73 Å². The highest BCUT2D eigenvalue weighted by atomic mass is 16.4. The first-order valence-corrected chi connectivity index (χ1v) is 10.0. The number of aryl methyl sites for hydroxylation is 2. The van der Waals surface area contributed by atoms with Crippen LogP contribution in [0.5, 0.6) is 0 Å². The van der Waals surface area contributed by atoms with Crippen molar-refractivity contribution in [3.63, 3.8) is 0 Å². The maximum atomic E-state index is 12.1. The minimum Gasteiger partial charge on any atom is -0.425 e. The molecular weight excluding hydrogens is 342 g/mol. The van der Waals surface area contributed by atoms with Gasteiger partial charge in [-0.05, 0) is 19.3 Å². The van der Waals surface area contributed by atoms with Crippen molar-refractivity contribution in [2.24, 2.45) is 5.92 Å². The van der Waals surface area contributed by atoms with Crippen LogP contribution < -0.4 is 5.32 Å². The molecule has 0 spiro atoms. The lowest BCUT2D eigenvalue weighted by Crippen LogP contribution is -2.34. The summed E-state index contributed by atoms with van der Waals surface area (Å²) < 4.78 is 5.71. The number of nitrogens with one attached hydrogen (secondary N) is 1. The summed E-state index contributed by atoms with van der Waals surface area (Å²) in [7, 11) is 0. The monoisotopic (exact) mass is 371 g/mol. The average Bonchev–Trinajstić information content (AvgIpc) is 3.14. The topological polar surface area (TPSA) is 93.8 Å². The van der Waals surface area contributed by atoms with Gasteiger partial charge in [0.05, 0.1) is 5.69 Å². The number of hydrogen-bond donors (Lipinski definition) is 1. The minimum atomic E-state index is -0.0201. The molecule has 0 aromatic carbocycles. The van der Waals surface area contributed by atoms with E-state index in [4.69, 9.17) is 4.42 Å². The maximum Gasteiger partial charge on any atom is 0.220 e. The van der Waals surface area contributed by atoms with E-state index >= 15 is 0 Å². The van der Waals surface area contributed by atoms with Crippen molar-refractivity contribution < 1.29 is 9.21 Å². The largest absolute Gasteiger partial charge is 0.425 e. The Morgan fingerprint density at radius 1 is 1.19 bits per heavy atom. The second-order valence-corrected chi connectivity index (χ2v) is 7.50. The van der Waals surface area contributed by atoms with Crippen LogP contribution >= 0.6 is 0 Å². The summed E-state index contributed by atoms with van der Waals surface area (Å²) in [4.78, 5) is 20.4. The summed E-state index contributed by atoms with van der Waals surface area (Å²) in [6.07, 6.45) is 15.2. The van der Waals surface area contributed by atoms with Crippen molar-refractivity contribution in [1.29, 1.82) is 0 Å². The lowest BCUT2D eigenvalue weighted by atomic mass is 9.86. The number of carbonyl (C=O) groups is 1. The Bertz CT molecular complexity index is 697. The van der Waals surface area contributed by atoms with Gasteiger partial charge in [0.25, 0.3) is 0 Å². The molecule has 0 saturated heterocycles. The predicted octanol–water partition coefficient (Wildman–Crippen LogP) is 3.05. The van der Waals surface area contributed by atoms with Crippen LogP contribution in [0.25, 0.3) is 0 Å². The number of hydrogen-bond acceptors (Lipinski definition) is 6. The predicted molar refractivity (Wildman–Crippen MR) is 101 cm³/mol. The molecule has 1 unspecified atom stereocenters. The second kappa shape index (κ2) is 10.1. The van der Waals surface area contributed by atoms with E-state index in [-0.39, 0.29) is 11.9 Å². The van der Waals surface area contributed by atoms with E-state index in [1.807, 2.05) is 6.92 Å². The third kappa shape index (κ3) is 6.73. The van der Waals surface area contributed by atoms with Crippen molar-refractivity contribution in [2.75, 3.05) is 0 Å². The Labute approximate surface area is 160 Å². The third-order valence-corrected chi connectivity index (χ3v) is 5.11. The van der Waals surface area contributed by atoms with E-state index in [0.29, 0.717) is 31.0 Å². The molecule has 7 nitrogen and oxygen atoms in total. The molecule has 1 fully saturated rings. The summed E-state index contributed by atoms with van der Waals surface area (Å²) in [6, 6.07) is 0.00272. The van der Waals surface area contributed by atoms with Crippen LogP contribution in [0, 0.1) is 5.92 Å². The highest BCUT2D eigenvalue weighted by Gasteiger charge is 2.16. The van der Waals surface area contributed by atoms with Crippen LogP contribution in [-0.2, 0) is 24.1 Å². The molecule has 146 valence electrons. The van der Waals surface area contributed by atoms with E-state index in [1.165, 1.54) is 32.1 Å². The highest BCUT2D eigenvalue weighted by Crippen LogP contribution is 2.27. The van der Waals surface area contributed by atoms with Gasteiger partial charge in [0.1, 0.15) is 0 Å². The Morgan fingerprint density at radius 2 is 1.96 bits per heavy atom. The Morgan fingerprint density at radius 3 is 2.70 bits per heavy atom. The van der Waals surface area contributed by atoms with Gasteiger partial charge in [0.15, 0.2) is 0 Å². The average molecular weight is 371 g/mol. The second-order valence-electron chi connectivity index (χ2n) is 7.50. The van der Waals surface area contributed by atoms with E-state index < -0.39 is 0 Å². The number of carbonyl (C=O) groups excluding carboxylic acids is 1. The molecule has 0 bridgehead atoms. The summed E-state index contributed by atoms with van der Waals surface area (Å²) in [5.41, 5.74) is 0.866. The van der Waals surface area contributed by atoms with Crippen molar-refractivity contribution in [1.82, 2.24) is 25.5 Å². The molecule has 1 atom stereocenters. The molecule has 1 amide bonds. The number of nitrogens with zero attached hydrogens (tertiary/aromatic N) is 4. The standard InChI is InChI=1S/C20H29N5O2/c1-15(13-17-14-21-11-12-22-17)23-18(26)8-10-20-25-24-19(27-20)9-7-16-5-3-2-4-6-16/h11-12,14-16H,2-10,13H2,1H3,(H,23,26). The van der Waals surface area contributed by atoms with Gasteiger partial charge in [-0.1, -0.05) is 32.1 Å². The van der Waals surface area contributed by atoms with Gasteiger partial charge in [0.2, 0.25) is 17.7 Å². The SMILES string of the molecule is CC(Cc1cnccn1)NC(=O)CCc1nnc(CCC2CCCCC2)o1. The molecule has 0 radical (unpaired) electrons. The van der Waals surface area contributed by atoms with Crippen molar-refractivity contribution in [2.45, 2.75) is 77.2 Å². The molecule has 2 aromatic heterocycles. The third-order valence-electron chi connectivity index (χ3n) is 5.11. The highest BCUT2D eigenvalue weighted by molar-refractivity contribution is 5.76. The Hall–Kier alpha value is -2.31. The van der Waals surface area contributed by atoms with Crippen molar-refractivity contribution in [3.05, 3.63) is 36.1 Å².